The molecule has 0 saturated heterocycles. The lowest BCUT2D eigenvalue weighted by molar-refractivity contribution is 0.114. The Morgan fingerprint density at radius 3 is 2.47 bits per heavy atom. The summed E-state index contributed by atoms with van der Waals surface area (Å²) in [6.07, 6.45) is 6.39. The molecule has 1 aliphatic carbocycles. The van der Waals surface area contributed by atoms with Crippen molar-refractivity contribution in [2.75, 3.05) is 6.61 Å². The number of ether oxygens (including phenoxy) is 1. The molecule has 0 spiro atoms. The van der Waals surface area contributed by atoms with Gasteiger partial charge in [0.15, 0.2) is 0 Å². The van der Waals surface area contributed by atoms with Gasteiger partial charge in [0.2, 0.25) is 5.88 Å². The smallest absolute Gasteiger partial charge is 0.213 e. The number of aliphatic hydroxyl groups excluding tert-OH is 1. The molecule has 1 N–H and O–H groups in total. The Bertz CT molecular complexity index is 281. The molecule has 98 valence electrons. The van der Waals surface area contributed by atoms with Crippen LogP contribution in [-0.2, 0) is 6.42 Å². The van der Waals surface area contributed by atoms with Gasteiger partial charge in [0.25, 0.3) is 0 Å². The Labute approximate surface area is 105 Å². The first-order chi connectivity index (χ1) is 7.88. The molecule has 1 aromatic heterocycles. The summed E-state index contributed by atoms with van der Waals surface area (Å²) >= 11 is 0. The van der Waals surface area contributed by atoms with Crippen LogP contribution in [0.15, 0.2) is 18.3 Å². The SMILES string of the molecule is C.CC.OCCc1ccc(OC2CCC2)nc1. The van der Waals surface area contributed by atoms with E-state index in [9.17, 15) is 0 Å². The molecular weight excluding hydrogens is 214 g/mol. The summed E-state index contributed by atoms with van der Waals surface area (Å²) in [5, 5.41) is 8.72. The maximum atomic E-state index is 8.72. The fourth-order valence-electron chi connectivity index (χ4n) is 1.42. The van der Waals surface area contributed by atoms with E-state index in [0.717, 1.165) is 18.4 Å². The molecule has 0 radical (unpaired) electrons. The highest BCUT2D eigenvalue weighted by molar-refractivity contribution is 5.18. The number of aromatic nitrogens is 1. The maximum Gasteiger partial charge on any atom is 0.213 e. The Kier molecular flexibility index (Phi) is 8.42. The zero-order chi connectivity index (χ0) is 11.8. The Morgan fingerprint density at radius 2 is 2.06 bits per heavy atom. The van der Waals surface area contributed by atoms with Gasteiger partial charge in [-0.25, -0.2) is 4.98 Å². The zero-order valence-electron chi connectivity index (χ0n) is 10.1. The fraction of sp³-hybridized carbons (Fsp3) is 0.643. The van der Waals surface area contributed by atoms with Crippen molar-refractivity contribution in [3.63, 3.8) is 0 Å². The normalized spacial score (nSPS) is 13.8. The summed E-state index contributed by atoms with van der Waals surface area (Å²) in [6.45, 7) is 4.17. The Balaban J connectivity index is 0.000000811. The van der Waals surface area contributed by atoms with Crippen molar-refractivity contribution in [2.24, 2.45) is 0 Å². The lowest BCUT2D eigenvalue weighted by Gasteiger charge is -2.25. The molecule has 3 heteroatoms. The molecule has 1 aromatic rings. The molecule has 0 unspecified atom stereocenters. The Morgan fingerprint density at radius 1 is 1.35 bits per heavy atom. The van der Waals surface area contributed by atoms with Crippen LogP contribution in [0.4, 0.5) is 0 Å². The van der Waals surface area contributed by atoms with E-state index in [1.165, 1.54) is 6.42 Å². The van der Waals surface area contributed by atoms with E-state index in [4.69, 9.17) is 9.84 Å². The van der Waals surface area contributed by atoms with Crippen LogP contribution < -0.4 is 4.74 Å². The number of pyridine rings is 1. The van der Waals surface area contributed by atoms with E-state index in [-0.39, 0.29) is 14.0 Å². The molecule has 0 atom stereocenters. The number of aliphatic hydroxyl groups is 1. The van der Waals surface area contributed by atoms with E-state index < -0.39 is 0 Å². The molecule has 2 rings (SSSR count). The number of nitrogens with zero attached hydrogens (tertiary/aromatic N) is 1. The van der Waals surface area contributed by atoms with Gasteiger partial charge in [-0.05, 0) is 31.2 Å². The van der Waals surface area contributed by atoms with Gasteiger partial charge in [-0.3, -0.25) is 0 Å². The summed E-state index contributed by atoms with van der Waals surface area (Å²) in [5.74, 6) is 0.705. The van der Waals surface area contributed by atoms with Crippen molar-refractivity contribution in [3.05, 3.63) is 23.9 Å². The van der Waals surface area contributed by atoms with E-state index in [1.807, 2.05) is 26.0 Å². The van der Waals surface area contributed by atoms with Gasteiger partial charge in [0.1, 0.15) is 6.10 Å². The van der Waals surface area contributed by atoms with Crippen LogP contribution in [0, 0.1) is 0 Å². The van der Waals surface area contributed by atoms with Crippen molar-refractivity contribution in [1.29, 1.82) is 0 Å². The monoisotopic (exact) mass is 239 g/mol. The lowest BCUT2D eigenvalue weighted by atomic mass is 9.96. The van der Waals surface area contributed by atoms with Crippen LogP contribution in [-0.4, -0.2) is 22.8 Å². The summed E-state index contributed by atoms with van der Waals surface area (Å²) in [4.78, 5) is 4.19. The predicted molar refractivity (Wildman–Crippen MR) is 71.4 cm³/mol. The lowest BCUT2D eigenvalue weighted by Crippen LogP contribution is -2.24. The van der Waals surface area contributed by atoms with E-state index in [0.29, 0.717) is 18.4 Å². The third-order valence-corrected chi connectivity index (χ3v) is 2.54. The Hall–Kier alpha value is -1.09. The van der Waals surface area contributed by atoms with Gasteiger partial charge in [0, 0.05) is 18.9 Å². The van der Waals surface area contributed by atoms with Crippen molar-refractivity contribution < 1.29 is 9.84 Å². The van der Waals surface area contributed by atoms with Crippen LogP contribution in [0.5, 0.6) is 5.88 Å². The molecule has 17 heavy (non-hydrogen) atoms. The summed E-state index contributed by atoms with van der Waals surface area (Å²) in [7, 11) is 0. The summed E-state index contributed by atoms with van der Waals surface area (Å²) in [6, 6.07) is 3.83. The second kappa shape index (κ2) is 8.99. The summed E-state index contributed by atoms with van der Waals surface area (Å²) < 4.78 is 5.61. The van der Waals surface area contributed by atoms with Gasteiger partial charge in [-0.2, -0.15) is 0 Å². The minimum Gasteiger partial charge on any atom is -0.474 e. The van der Waals surface area contributed by atoms with Crippen LogP contribution in [0.1, 0.15) is 46.1 Å². The van der Waals surface area contributed by atoms with Crippen LogP contribution >= 0.6 is 0 Å². The first kappa shape index (κ1) is 15.9. The molecule has 0 aliphatic heterocycles. The van der Waals surface area contributed by atoms with Crippen molar-refractivity contribution >= 4 is 0 Å². The molecule has 1 aliphatic rings. The van der Waals surface area contributed by atoms with Gasteiger partial charge >= 0.3 is 0 Å². The second-order valence-corrected chi connectivity index (χ2v) is 3.65. The van der Waals surface area contributed by atoms with E-state index in [2.05, 4.69) is 4.98 Å². The standard InChI is InChI=1S/C11H15NO2.C2H6.CH4/c13-7-6-9-4-5-11(12-8-9)14-10-2-1-3-10;1-2;/h4-5,8,10,13H,1-3,6-7H2;1-2H3;1H4. The van der Waals surface area contributed by atoms with E-state index >= 15 is 0 Å². The molecule has 3 nitrogen and oxygen atoms in total. The highest BCUT2D eigenvalue weighted by Crippen LogP contribution is 2.23. The number of hydrogen-bond acceptors (Lipinski definition) is 3. The van der Waals surface area contributed by atoms with Gasteiger partial charge in [-0.1, -0.05) is 27.3 Å². The molecule has 1 saturated carbocycles. The van der Waals surface area contributed by atoms with Crippen LogP contribution in [0.2, 0.25) is 0 Å². The van der Waals surface area contributed by atoms with Gasteiger partial charge < -0.3 is 9.84 Å². The molecule has 0 aromatic carbocycles. The molecular formula is C14H25NO2. The third kappa shape index (κ3) is 5.18. The fourth-order valence-corrected chi connectivity index (χ4v) is 1.42. The van der Waals surface area contributed by atoms with E-state index in [1.54, 1.807) is 6.20 Å². The summed E-state index contributed by atoms with van der Waals surface area (Å²) in [5.41, 5.74) is 1.05. The number of rotatable bonds is 4. The minimum absolute atomic E-state index is 0. The average Bonchev–Trinajstić information content (AvgIpc) is 2.29. The topological polar surface area (TPSA) is 42.4 Å². The largest absolute Gasteiger partial charge is 0.474 e. The van der Waals surface area contributed by atoms with Crippen molar-refractivity contribution in [2.45, 2.75) is 53.1 Å². The predicted octanol–water partition coefficient (Wildman–Crippen LogP) is 3.21. The van der Waals surface area contributed by atoms with Crippen molar-refractivity contribution in [3.8, 4) is 5.88 Å². The van der Waals surface area contributed by atoms with Gasteiger partial charge in [0.05, 0.1) is 0 Å². The van der Waals surface area contributed by atoms with Crippen molar-refractivity contribution in [1.82, 2.24) is 4.98 Å². The number of hydrogen-bond donors (Lipinski definition) is 1. The molecule has 1 fully saturated rings. The zero-order valence-corrected chi connectivity index (χ0v) is 10.1. The van der Waals surface area contributed by atoms with Crippen LogP contribution in [0.3, 0.4) is 0 Å². The highest BCUT2D eigenvalue weighted by atomic mass is 16.5. The molecule has 0 amide bonds. The first-order valence-corrected chi connectivity index (χ1v) is 6.11. The highest BCUT2D eigenvalue weighted by Gasteiger charge is 2.19. The average molecular weight is 239 g/mol. The van der Waals surface area contributed by atoms with Crippen LogP contribution in [0.25, 0.3) is 0 Å². The third-order valence-electron chi connectivity index (χ3n) is 2.54. The molecule has 1 heterocycles. The maximum absolute atomic E-state index is 8.72. The molecule has 0 bridgehead atoms. The van der Waals surface area contributed by atoms with Gasteiger partial charge in [-0.15, -0.1) is 0 Å². The first-order valence-electron chi connectivity index (χ1n) is 6.11. The quantitative estimate of drug-likeness (QED) is 0.877. The second-order valence-electron chi connectivity index (χ2n) is 3.65. The minimum atomic E-state index is 0.